The summed E-state index contributed by atoms with van der Waals surface area (Å²) in [6, 6.07) is 14.6. The van der Waals surface area contributed by atoms with Crippen LogP contribution >= 0.6 is 0 Å². The van der Waals surface area contributed by atoms with Crippen molar-refractivity contribution in [1.82, 2.24) is 15.5 Å². The molecule has 1 unspecified atom stereocenters. The number of aromatic amines is 1. The average Bonchev–Trinajstić information content (AvgIpc) is 3.34. The normalized spacial score (nSPS) is 21.3. The molecule has 0 aliphatic heterocycles. The lowest BCUT2D eigenvalue weighted by atomic mass is 9.73. The van der Waals surface area contributed by atoms with Crippen LogP contribution in [0, 0.1) is 11.6 Å². The van der Waals surface area contributed by atoms with Gasteiger partial charge in [-0.05, 0) is 78.8 Å². The van der Waals surface area contributed by atoms with Gasteiger partial charge in [-0.25, -0.2) is 8.78 Å². The predicted octanol–water partition coefficient (Wildman–Crippen LogP) is 5.82. The first kappa shape index (κ1) is 26.3. The summed E-state index contributed by atoms with van der Waals surface area (Å²) in [5.74, 6) is -0.244. The standard InChI is InChI=1S/C29H38F2N4O/c1-28(2,3)21-5-4-6-22(17-21)29(12-9-25(10-13-29)34-27-11-14-33-35-27)32-19-26(36)8-7-20-15-23(30)18-24(31)16-20/h4-6,11,14-18,25-26,32,36H,7-10,12-13,19H2,1-3H3,(H2,33,34,35). The number of aromatic nitrogens is 2. The molecule has 1 aromatic heterocycles. The third-order valence-electron chi connectivity index (χ3n) is 7.35. The van der Waals surface area contributed by atoms with Crippen LogP contribution in [-0.2, 0) is 17.4 Å². The Balaban J connectivity index is 1.45. The average molecular weight is 497 g/mol. The van der Waals surface area contributed by atoms with Gasteiger partial charge in [-0.15, -0.1) is 0 Å². The van der Waals surface area contributed by atoms with Crippen LogP contribution < -0.4 is 10.6 Å². The summed E-state index contributed by atoms with van der Waals surface area (Å²) in [4.78, 5) is 0. The number of nitrogens with zero attached hydrogens (tertiary/aromatic N) is 1. The van der Waals surface area contributed by atoms with Crippen molar-refractivity contribution in [2.24, 2.45) is 0 Å². The summed E-state index contributed by atoms with van der Waals surface area (Å²) >= 11 is 0. The quantitative estimate of drug-likeness (QED) is 0.301. The minimum absolute atomic E-state index is 0.0380. The summed E-state index contributed by atoms with van der Waals surface area (Å²) in [5.41, 5.74) is 2.88. The Hall–Kier alpha value is -2.77. The van der Waals surface area contributed by atoms with E-state index >= 15 is 0 Å². The molecular weight excluding hydrogens is 458 g/mol. The van der Waals surface area contributed by atoms with Crippen molar-refractivity contribution in [3.05, 3.63) is 83.1 Å². The van der Waals surface area contributed by atoms with Gasteiger partial charge in [-0.2, -0.15) is 5.10 Å². The van der Waals surface area contributed by atoms with E-state index in [1.165, 1.54) is 23.3 Å². The van der Waals surface area contributed by atoms with Crippen molar-refractivity contribution < 1.29 is 13.9 Å². The molecule has 1 atom stereocenters. The molecule has 5 nitrogen and oxygen atoms in total. The molecular formula is C29H38F2N4O. The highest BCUT2D eigenvalue weighted by Crippen LogP contribution is 2.39. The van der Waals surface area contributed by atoms with E-state index in [2.05, 4.69) is 65.9 Å². The zero-order chi connectivity index (χ0) is 25.8. The second-order valence-electron chi connectivity index (χ2n) is 11.2. The molecule has 3 aromatic rings. The Bertz CT molecular complexity index is 1100. The van der Waals surface area contributed by atoms with Gasteiger partial charge in [0.15, 0.2) is 0 Å². The lowest BCUT2D eigenvalue weighted by Crippen LogP contribution is -2.49. The monoisotopic (exact) mass is 496 g/mol. The van der Waals surface area contributed by atoms with E-state index < -0.39 is 17.7 Å². The van der Waals surface area contributed by atoms with Crippen molar-refractivity contribution in [3.63, 3.8) is 0 Å². The topological polar surface area (TPSA) is 73.0 Å². The van der Waals surface area contributed by atoms with Crippen LogP contribution in [0.2, 0.25) is 0 Å². The van der Waals surface area contributed by atoms with Gasteiger partial charge in [-0.3, -0.25) is 5.10 Å². The van der Waals surface area contributed by atoms with Gasteiger partial charge in [-0.1, -0.05) is 45.0 Å². The van der Waals surface area contributed by atoms with Gasteiger partial charge in [0.2, 0.25) is 0 Å². The Morgan fingerprint density at radius 1 is 1.08 bits per heavy atom. The van der Waals surface area contributed by atoms with E-state index in [1.54, 1.807) is 6.20 Å². The van der Waals surface area contributed by atoms with Crippen molar-refractivity contribution in [1.29, 1.82) is 0 Å². The van der Waals surface area contributed by atoms with E-state index in [0.29, 0.717) is 31.0 Å². The summed E-state index contributed by atoms with van der Waals surface area (Å²) in [5, 5.41) is 25.0. The first-order chi connectivity index (χ1) is 17.1. The van der Waals surface area contributed by atoms with Gasteiger partial charge in [0.1, 0.15) is 17.5 Å². The van der Waals surface area contributed by atoms with Gasteiger partial charge < -0.3 is 15.7 Å². The third kappa shape index (κ3) is 6.71. The van der Waals surface area contributed by atoms with Crippen LogP contribution in [0.1, 0.15) is 69.6 Å². The lowest BCUT2D eigenvalue weighted by molar-refractivity contribution is 0.130. The van der Waals surface area contributed by atoms with E-state index in [9.17, 15) is 13.9 Å². The van der Waals surface area contributed by atoms with Crippen LogP contribution in [-0.4, -0.2) is 34.0 Å². The number of hydrogen-bond acceptors (Lipinski definition) is 4. The second kappa shape index (κ2) is 11.1. The number of halogens is 2. The van der Waals surface area contributed by atoms with Crippen LogP contribution in [0.4, 0.5) is 14.6 Å². The molecule has 0 spiro atoms. The number of aliphatic hydroxyl groups excluding tert-OH is 1. The molecule has 4 N–H and O–H groups in total. The summed E-state index contributed by atoms with van der Waals surface area (Å²) in [6.07, 6.45) is 5.77. The van der Waals surface area contributed by atoms with Crippen LogP contribution in [0.5, 0.6) is 0 Å². The number of nitrogens with one attached hydrogen (secondary N) is 3. The molecule has 1 heterocycles. The smallest absolute Gasteiger partial charge is 0.126 e. The molecule has 194 valence electrons. The highest BCUT2D eigenvalue weighted by molar-refractivity contribution is 5.36. The molecule has 0 bridgehead atoms. The Morgan fingerprint density at radius 3 is 2.44 bits per heavy atom. The first-order valence-electron chi connectivity index (χ1n) is 12.9. The van der Waals surface area contributed by atoms with Crippen molar-refractivity contribution >= 4 is 5.82 Å². The van der Waals surface area contributed by atoms with Gasteiger partial charge in [0.05, 0.1) is 12.3 Å². The third-order valence-corrected chi connectivity index (χ3v) is 7.35. The Labute approximate surface area is 212 Å². The van der Waals surface area contributed by atoms with E-state index in [0.717, 1.165) is 37.6 Å². The number of anilines is 1. The Morgan fingerprint density at radius 2 is 1.81 bits per heavy atom. The SMILES string of the molecule is CC(C)(C)c1cccc(C2(NCC(O)CCc3cc(F)cc(F)c3)CCC(Nc3ccn[nH]3)CC2)c1. The number of H-pyrrole nitrogens is 1. The minimum Gasteiger partial charge on any atom is -0.392 e. The molecule has 0 radical (unpaired) electrons. The van der Waals surface area contributed by atoms with Crippen LogP contribution in [0.25, 0.3) is 0 Å². The molecule has 0 amide bonds. The van der Waals surface area contributed by atoms with E-state index in [-0.39, 0.29) is 11.0 Å². The maximum absolute atomic E-state index is 13.5. The number of aryl methyl sites for hydroxylation is 1. The minimum atomic E-state index is -0.625. The van der Waals surface area contributed by atoms with Gasteiger partial charge in [0, 0.05) is 24.2 Å². The largest absolute Gasteiger partial charge is 0.392 e. The maximum Gasteiger partial charge on any atom is 0.126 e. The molecule has 1 aliphatic rings. The van der Waals surface area contributed by atoms with Crippen molar-refractivity contribution in [3.8, 4) is 0 Å². The summed E-state index contributed by atoms with van der Waals surface area (Å²) in [7, 11) is 0. The number of aliphatic hydroxyl groups is 1. The fourth-order valence-electron chi connectivity index (χ4n) is 5.17. The van der Waals surface area contributed by atoms with Crippen molar-refractivity contribution in [2.45, 2.75) is 82.4 Å². The molecule has 1 saturated carbocycles. The predicted molar refractivity (Wildman–Crippen MR) is 140 cm³/mol. The molecule has 2 aromatic carbocycles. The van der Waals surface area contributed by atoms with Gasteiger partial charge in [0.25, 0.3) is 0 Å². The summed E-state index contributed by atoms with van der Waals surface area (Å²) < 4.78 is 27.0. The van der Waals surface area contributed by atoms with Crippen molar-refractivity contribution in [2.75, 3.05) is 11.9 Å². The zero-order valence-corrected chi connectivity index (χ0v) is 21.5. The zero-order valence-electron chi connectivity index (χ0n) is 21.5. The molecule has 0 saturated heterocycles. The molecule has 7 heteroatoms. The van der Waals surface area contributed by atoms with Crippen LogP contribution in [0.15, 0.2) is 54.7 Å². The second-order valence-corrected chi connectivity index (χ2v) is 11.2. The lowest BCUT2D eigenvalue weighted by Gasteiger charge is -2.43. The number of benzene rings is 2. The fourth-order valence-corrected chi connectivity index (χ4v) is 5.17. The van der Waals surface area contributed by atoms with Gasteiger partial charge >= 0.3 is 0 Å². The molecule has 4 rings (SSSR count). The van der Waals surface area contributed by atoms with E-state index in [1.807, 2.05) is 6.07 Å². The first-order valence-corrected chi connectivity index (χ1v) is 12.9. The van der Waals surface area contributed by atoms with Crippen LogP contribution in [0.3, 0.4) is 0 Å². The highest BCUT2D eigenvalue weighted by Gasteiger charge is 2.37. The number of hydrogen-bond donors (Lipinski definition) is 4. The molecule has 36 heavy (non-hydrogen) atoms. The summed E-state index contributed by atoms with van der Waals surface area (Å²) in [6.45, 7) is 7.07. The maximum atomic E-state index is 13.5. The fraction of sp³-hybridized carbons (Fsp3) is 0.483. The Kier molecular flexibility index (Phi) is 8.10. The molecule has 1 fully saturated rings. The number of rotatable bonds is 9. The molecule has 1 aliphatic carbocycles. The van der Waals surface area contributed by atoms with E-state index in [4.69, 9.17) is 0 Å². The highest BCUT2D eigenvalue weighted by atomic mass is 19.1.